The zero-order chi connectivity index (χ0) is 18.9. The molecule has 144 valence electrons. The number of aliphatic imine (C=N–C) groups is 1. The summed E-state index contributed by atoms with van der Waals surface area (Å²) in [6, 6.07) is 10.6. The van der Waals surface area contributed by atoms with Crippen LogP contribution < -0.4 is 5.32 Å². The van der Waals surface area contributed by atoms with Gasteiger partial charge < -0.3 is 15.1 Å². The van der Waals surface area contributed by atoms with Crippen molar-refractivity contribution in [3.05, 3.63) is 30.3 Å². The van der Waals surface area contributed by atoms with Crippen molar-refractivity contribution in [2.24, 2.45) is 16.8 Å². The van der Waals surface area contributed by atoms with Crippen LogP contribution in [0.5, 0.6) is 0 Å². The maximum absolute atomic E-state index is 11.9. The molecule has 0 spiro atoms. The molecule has 0 saturated carbocycles. The first kappa shape index (κ1) is 20.6. The van der Waals surface area contributed by atoms with E-state index >= 15 is 0 Å². The van der Waals surface area contributed by atoms with Crippen molar-refractivity contribution in [3.63, 3.8) is 0 Å². The summed E-state index contributed by atoms with van der Waals surface area (Å²) < 4.78 is 0. The van der Waals surface area contributed by atoms with Crippen LogP contribution in [0, 0.1) is 11.8 Å². The van der Waals surface area contributed by atoms with Crippen LogP contribution in [-0.2, 0) is 4.79 Å². The molecule has 26 heavy (non-hydrogen) atoms. The molecule has 5 nitrogen and oxygen atoms in total. The normalized spacial score (nSPS) is 17.7. The fourth-order valence-electron chi connectivity index (χ4n) is 2.74. The molecule has 1 fully saturated rings. The summed E-state index contributed by atoms with van der Waals surface area (Å²) in [5, 5.41) is 3.45. The summed E-state index contributed by atoms with van der Waals surface area (Å²) in [6.45, 7) is 7.43. The number of rotatable bonds is 7. The topological polar surface area (TPSA) is 47.9 Å². The van der Waals surface area contributed by atoms with Crippen LogP contribution in [0.1, 0.15) is 20.3 Å². The van der Waals surface area contributed by atoms with Crippen molar-refractivity contribution < 1.29 is 4.79 Å². The van der Waals surface area contributed by atoms with Gasteiger partial charge in [-0.2, -0.15) is 0 Å². The van der Waals surface area contributed by atoms with Crippen molar-refractivity contribution in [2.45, 2.75) is 25.2 Å². The zero-order valence-electron chi connectivity index (χ0n) is 16.4. The van der Waals surface area contributed by atoms with Gasteiger partial charge in [0.25, 0.3) is 0 Å². The van der Waals surface area contributed by atoms with Gasteiger partial charge in [-0.15, -0.1) is 11.8 Å². The molecule has 1 unspecified atom stereocenters. The average Bonchev–Trinajstić information content (AvgIpc) is 3.09. The molecule has 0 aromatic heterocycles. The zero-order valence-corrected chi connectivity index (χ0v) is 17.3. The fourth-order valence-corrected chi connectivity index (χ4v) is 3.79. The number of hydrogen-bond donors (Lipinski definition) is 1. The van der Waals surface area contributed by atoms with Crippen LogP contribution in [-0.4, -0.2) is 67.7 Å². The molecule has 1 aliphatic rings. The Morgan fingerprint density at radius 2 is 2.08 bits per heavy atom. The number of amides is 1. The van der Waals surface area contributed by atoms with Gasteiger partial charge in [-0.1, -0.05) is 32.0 Å². The monoisotopic (exact) mass is 376 g/mol. The smallest absolute Gasteiger partial charge is 0.243 e. The largest absolute Gasteiger partial charge is 0.356 e. The van der Waals surface area contributed by atoms with Crippen LogP contribution in [0.4, 0.5) is 0 Å². The van der Waals surface area contributed by atoms with Crippen molar-refractivity contribution >= 4 is 23.6 Å². The van der Waals surface area contributed by atoms with Gasteiger partial charge in [-0.05, 0) is 30.4 Å². The summed E-state index contributed by atoms with van der Waals surface area (Å²) >= 11 is 1.92. The van der Waals surface area contributed by atoms with E-state index in [4.69, 9.17) is 0 Å². The SMILES string of the molecule is CC(C)CNC(=NCC(=O)N(C)C)N1CCC(CSc2ccccc2)C1. The van der Waals surface area contributed by atoms with Gasteiger partial charge in [-0.3, -0.25) is 4.79 Å². The summed E-state index contributed by atoms with van der Waals surface area (Å²) in [5.41, 5.74) is 0. The molecule has 1 amide bonds. The maximum atomic E-state index is 11.9. The predicted octanol–water partition coefficient (Wildman–Crippen LogP) is 2.79. The van der Waals surface area contributed by atoms with E-state index < -0.39 is 0 Å². The highest BCUT2D eigenvalue weighted by Crippen LogP contribution is 2.25. The third kappa shape index (κ3) is 6.90. The number of likely N-dealkylation sites (N-methyl/N-ethyl adjacent to an activating group) is 1. The summed E-state index contributed by atoms with van der Waals surface area (Å²) in [6.07, 6.45) is 1.17. The number of nitrogens with zero attached hydrogens (tertiary/aromatic N) is 3. The second-order valence-corrected chi connectivity index (χ2v) is 8.52. The van der Waals surface area contributed by atoms with Crippen LogP contribution in [0.2, 0.25) is 0 Å². The van der Waals surface area contributed by atoms with E-state index in [-0.39, 0.29) is 12.5 Å². The molecular formula is C20H32N4OS. The van der Waals surface area contributed by atoms with Gasteiger partial charge in [0.05, 0.1) is 0 Å². The maximum Gasteiger partial charge on any atom is 0.243 e. The van der Waals surface area contributed by atoms with E-state index in [1.807, 2.05) is 11.8 Å². The second-order valence-electron chi connectivity index (χ2n) is 7.43. The predicted molar refractivity (Wildman–Crippen MR) is 111 cm³/mol. The van der Waals surface area contributed by atoms with E-state index in [0.29, 0.717) is 11.8 Å². The molecule has 1 heterocycles. The molecule has 1 aliphatic heterocycles. The number of carbonyl (C=O) groups excluding carboxylic acids is 1. The Hall–Kier alpha value is -1.69. The second kappa shape index (κ2) is 10.5. The Balaban J connectivity index is 1.90. The molecular weight excluding hydrogens is 344 g/mol. The summed E-state index contributed by atoms with van der Waals surface area (Å²) in [4.78, 5) is 21.7. The number of thioether (sulfide) groups is 1. The third-order valence-corrected chi connectivity index (χ3v) is 5.59. The molecule has 0 radical (unpaired) electrons. The molecule has 1 aromatic carbocycles. The van der Waals surface area contributed by atoms with Crippen molar-refractivity contribution in [2.75, 3.05) is 46.0 Å². The lowest BCUT2D eigenvalue weighted by atomic mass is 10.2. The minimum absolute atomic E-state index is 0.0317. The number of hydrogen-bond acceptors (Lipinski definition) is 3. The van der Waals surface area contributed by atoms with Crippen LogP contribution in [0.25, 0.3) is 0 Å². The Morgan fingerprint density at radius 3 is 2.73 bits per heavy atom. The first-order valence-corrected chi connectivity index (χ1v) is 10.4. The van der Waals surface area contributed by atoms with E-state index in [9.17, 15) is 4.79 Å². The molecule has 2 rings (SSSR count). The van der Waals surface area contributed by atoms with Crippen molar-refractivity contribution in [1.82, 2.24) is 15.1 Å². The molecule has 6 heteroatoms. The van der Waals surface area contributed by atoms with Crippen LogP contribution in [0.3, 0.4) is 0 Å². The minimum Gasteiger partial charge on any atom is -0.356 e. The average molecular weight is 377 g/mol. The van der Waals surface area contributed by atoms with E-state index in [1.165, 1.54) is 11.3 Å². The highest BCUT2D eigenvalue weighted by molar-refractivity contribution is 7.99. The highest BCUT2D eigenvalue weighted by Gasteiger charge is 2.25. The van der Waals surface area contributed by atoms with Crippen LogP contribution >= 0.6 is 11.8 Å². The molecule has 0 bridgehead atoms. The third-order valence-electron chi connectivity index (χ3n) is 4.35. The number of likely N-dealkylation sites (tertiary alicyclic amines) is 1. The number of benzene rings is 1. The molecule has 1 aromatic rings. The van der Waals surface area contributed by atoms with Crippen molar-refractivity contribution in [3.8, 4) is 0 Å². The van der Waals surface area contributed by atoms with Gasteiger partial charge >= 0.3 is 0 Å². The molecule has 1 N–H and O–H groups in total. The Bertz CT molecular complexity index is 589. The van der Waals surface area contributed by atoms with Crippen molar-refractivity contribution in [1.29, 1.82) is 0 Å². The van der Waals surface area contributed by atoms with Gasteiger partial charge in [0.1, 0.15) is 6.54 Å². The van der Waals surface area contributed by atoms with Gasteiger partial charge in [0.15, 0.2) is 5.96 Å². The fraction of sp³-hybridized carbons (Fsp3) is 0.600. The standard InChI is InChI=1S/C20H32N4OS/c1-16(2)12-21-20(22-13-19(25)23(3)4)24-11-10-17(14-24)15-26-18-8-6-5-7-9-18/h5-9,16-17H,10-15H2,1-4H3,(H,21,22). The first-order chi connectivity index (χ1) is 12.5. The van der Waals surface area contributed by atoms with Crippen LogP contribution in [0.15, 0.2) is 40.2 Å². The first-order valence-electron chi connectivity index (χ1n) is 9.37. The van der Waals surface area contributed by atoms with Gasteiger partial charge in [0, 0.05) is 44.4 Å². The lowest BCUT2D eigenvalue weighted by Gasteiger charge is -2.23. The lowest BCUT2D eigenvalue weighted by molar-refractivity contribution is -0.127. The molecule has 0 aliphatic carbocycles. The number of carbonyl (C=O) groups is 1. The number of guanidine groups is 1. The van der Waals surface area contributed by atoms with Gasteiger partial charge in [0.2, 0.25) is 5.91 Å². The quantitative estimate of drug-likeness (QED) is 0.452. The van der Waals surface area contributed by atoms with Gasteiger partial charge in [-0.25, -0.2) is 4.99 Å². The highest BCUT2D eigenvalue weighted by atomic mass is 32.2. The summed E-state index contributed by atoms with van der Waals surface area (Å²) in [7, 11) is 3.54. The Labute approximate surface area is 162 Å². The summed E-state index contributed by atoms with van der Waals surface area (Å²) in [5.74, 6) is 3.21. The Morgan fingerprint density at radius 1 is 1.35 bits per heavy atom. The van der Waals surface area contributed by atoms with E-state index in [0.717, 1.165) is 31.3 Å². The minimum atomic E-state index is 0.0317. The molecule has 1 saturated heterocycles. The van der Waals surface area contributed by atoms with E-state index in [1.54, 1.807) is 19.0 Å². The van der Waals surface area contributed by atoms with E-state index in [2.05, 4.69) is 59.4 Å². The molecule has 1 atom stereocenters. The lowest BCUT2D eigenvalue weighted by Crippen LogP contribution is -2.42. The Kier molecular flexibility index (Phi) is 8.29. The number of nitrogens with one attached hydrogen (secondary N) is 1.